The number of rotatable bonds is 3. The van der Waals surface area contributed by atoms with Gasteiger partial charge in [0.1, 0.15) is 11.7 Å². The summed E-state index contributed by atoms with van der Waals surface area (Å²) in [5.41, 5.74) is 1.03. The lowest BCUT2D eigenvalue weighted by Gasteiger charge is -2.32. The predicted octanol–water partition coefficient (Wildman–Crippen LogP) is 2.07. The van der Waals surface area contributed by atoms with E-state index < -0.39 is 6.04 Å². The number of urea groups is 1. The molecule has 144 valence electrons. The highest BCUT2D eigenvalue weighted by atomic mass is 35.5. The van der Waals surface area contributed by atoms with Crippen molar-refractivity contribution >= 4 is 40.8 Å². The van der Waals surface area contributed by atoms with Crippen molar-refractivity contribution in [1.29, 1.82) is 0 Å². The Morgan fingerprint density at radius 1 is 1.21 bits per heavy atom. The fraction of sp³-hybridized carbons (Fsp3) is 0.263. The first-order valence-corrected chi connectivity index (χ1v) is 9.18. The van der Waals surface area contributed by atoms with Crippen molar-refractivity contribution in [3.05, 3.63) is 53.3 Å². The maximum atomic E-state index is 12.8. The molecule has 2 fully saturated rings. The summed E-state index contributed by atoms with van der Waals surface area (Å²) in [6.45, 7) is 1.71. The molecule has 8 nitrogen and oxygen atoms in total. The predicted molar refractivity (Wildman–Crippen MR) is 105 cm³/mol. The molecule has 2 aliphatic heterocycles. The van der Waals surface area contributed by atoms with Crippen LogP contribution in [0, 0.1) is 0 Å². The molecule has 1 N–H and O–H groups in total. The topological polar surface area (TPSA) is 85.8 Å². The van der Waals surface area contributed by atoms with Crippen LogP contribution in [0.5, 0.6) is 0 Å². The van der Waals surface area contributed by atoms with Gasteiger partial charge in [0.15, 0.2) is 0 Å². The second-order valence-corrected chi connectivity index (χ2v) is 7.17. The fourth-order valence-electron chi connectivity index (χ4n) is 3.41. The van der Waals surface area contributed by atoms with Crippen molar-refractivity contribution in [2.75, 3.05) is 36.9 Å². The quantitative estimate of drug-likeness (QED) is 0.798. The average Bonchev–Trinajstić information content (AvgIpc) is 2.93. The van der Waals surface area contributed by atoms with Crippen LogP contribution in [-0.4, -0.2) is 65.4 Å². The molecule has 3 heterocycles. The number of carbonyl (C=O) groups is 3. The highest BCUT2D eigenvalue weighted by Gasteiger charge is 2.48. The number of aromatic nitrogens is 1. The van der Waals surface area contributed by atoms with Crippen molar-refractivity contribution in [3.8, 4) is 0 Å². The SMILES string of the molecule is CN1CCN2C(=O)N(c3ccc(NC(=O)c4ccccn4)cc3Cl)C(=O)C2C1. The Bertz CT molecular complexity index is 952. The lowest BCUT2D eigenvalue weighted by molar-refractivity contribution is -0.120. The van der Waals surface area contributed by atoms with Gasteiger partial charge in [0.25, 0.3) is 11.8 Å². The molecule has 9 heteroatoms. The number of hydrogen-bond acceptors (Lipinski definition) is 5. The lowest BCUT2D eigenvalue weighted by atomic mass is 10.2. The zero-order valence-corrected chi connectivity index (χ0v) is 15.9. The Hall–Kier alpha value is -2.97. The van der Waals surface area contributed by atoms with E-state index in [0.29, 0.717) is 24.5 Å². The van der Waals surface area contributed by atoms with E-state index >= 15 is 0 Å². The Balaban J connectivity index is 1.56. The van der Waals surface area contributed by atoms with E-state index in [0.717, 1.165) is 11.4 Å². The monoisotopic (exact) mass is 399 g/mol. The van der Waals surface area contributed by atoms with E-state index in [1.807, 2.05) is 11.9 Å². The molecule has 4 rings (SSSR count). The van der Waals surface area contributed by atoms with Gasteiger partial charge in [-0.15, -0.1) is 0 Å². The number of piperazine rings is 1. The molecule has 0 saturated carbocycles. The van der Waals surface area contributed by atoms with E-state index in [4.69, 9.17) is 11.6 Å². The first kappa shape index (κ1) is 18.4. The standard InChI is InChI=1S/C19H18ClN5O3/c1-23-8-9-24-16(11-23)18(27)25(19(24)28)15-6-5-12(10-13(15)20)22-17(26)14-4-2-3-7-21-14/h2-7,10,16H,8-9,11H2,1H3,(H,22,26). The summed E-state index contributed by atoms with van der Waals surface area (Å²) in [5.74, 6) is -0.665. The Morgan fingerprint density at radius 2 is 2.04 bits per heavy atom. The summed E-state index contributed by atoms with van der Waals surface area (Å²) < 4.78 is 0. The first-order valence-electron chi connectivity index (χ1n) is 8.81. The van der Waals surface area contributed by atoms with E-state index in [9.17, 15) is 14.4 Å². The summed E-state index contributed by atoms with van der Waals surface area (Å²) >= 11 is 6.35. The number of fused-ring (bicyclic) bond motifs is 1. The van der Waals surface area contributed by atoms with Crippen LogP contribution in [0.15, 0.2) is 42.6 Å². The Labute approximate surface area is 166 Å². The van der Waals surface area contributed by atoms with Crippen LogP contribution in [0.2, 0.25) is 5.02 Å². The van der Waals surface area contributed by atoms with E-state index in [-0.39, 0.29) is 28.6 Å². The molecule has 1 aromatic carbocycles. The maximum Gasteiger partial charge on any atom is 0.332 e. The molecule has 0 bridgehead atoms. The van der Waals surface area contributed by atoms with E-state index in [1.54, 1.807) is 35.2 Å². The summed E-state index contributed by atoms with van der Waals surface area (Å²) in [4.78, 5) is 46.5. The minimum atomic E-state index is -0.495. The van der Waals surface area contributed by atoms with Gasteiger partial charge in [-0.1, -0.05) is 17.7 Å². The van der Waals surface area contributed by atoms with Crippen molar-refractivity contribution < 1.29 is 14.4 Å². The molecule has 2 aromatic rings. The van der Waals surface area contributed by atoms with Crippen LogP contribution in [0.4, 0.5) is 16.2 Å². The zero-order valence-electron chi connectivity index (χ0n) is 15.1. The van der Waals surface area contributed by atoms with Gasteiger partial charge in [-0.2, -0.15) is 0 Å². The molecule has 2 aliphatic rings. The molecule has 0 spiro atoms. The second kappa shape index (κ2) is 7.21. The van der Waals surface area contributed by atoms with Crippen LogP contribution in [0.3, 0.4) is 0 Å². The molecule has 1 atom stereocenters. The zero-order chi connectivity index (χ0) is 19.8. The third-order valence-corrected chi connectivity index (χ3v) is 5.17. The summed E-state index contributed by atoms with van der Waals surface area (Å²) in [5, 5.41) is 2.91. The number of nitrogens with zero attached hydrogens (tertiary/aromatic N) is 4. The highest BCUT2D eigenvalue weighted by molar-refractivity contribution is 6.36. The molecule has 2 saturated heterocycles. The molecule has 28 heavy (non-hydrogen) atoms. The first-order chi connectivity index (χ1) is 13.5. The van der Waals surface area contributed by atoms with Gasteiger partial charge in [-0.3, -0.25) is 14.6 Å². The number of benzene rings is 1. The molecular formula is C19H18ClN5O3. The third kappa shape index (κ3) is 3.21. The van der Waals surface area contributed by atoms with Gasteiger partial charge >= 0.3 is 6.03 Å². The van der Waals surface area contributed by atoms with Gasteiger partial charge in [-0.25, -0.2) is 9.69 Å². The number of carbonyl (C=O) groups excluding carboxylic acids is 3. The third-order valence-electron chi connectivity index (χ3n) is 4.87. The van der Waals surface area contributed by atoms with Gasteiger partial charge in [0.05, 0.1) is 10.7 Å². The number of halogens is 1. The van der Waals surface area contributed by atoms with Crippen LogP contribution < -0.4 is 10.2 Å². The average molecular weight is 400 g/mol. The van der Waals surface area contributed by atoms with Crippen LogP contribution in [0.25, 0.3) is 0 Å². The van der Waals surface area contributed by atoms with Gasteiger partial charge in [0.2, 0.25) is 0 Å². The highest BCUT2D eigenvalue weighted by Crippen LogP contribution is 2.34. The number of likely N-dealkylation sites (N-methyl/N-ethyl adjacent to an activating group) is 1. The minimum absolute atomic E-state index is 0.203. The van der Waals surface area contributed by atoms with Crippen molar-refractivity contribution in [2.24, 2.45) is 0 Å². The normalized spacial score (nSPS) is 19.7. The van der Waals surface area contributed by atoms with Crippen molar-refractivity contribution in [1.82, 2.24) is 14.8 Å². The fourth-order valence-corrected chi connectivity index (χ4v) is 3.68. The summed E-state index contributed by atoms with van der Waals surface area (Å²) in [6, 6.07) is 8.86. The number of amides is 4. The van der Waals surface area contributed by atoms with Crippen molar-refractivity contribution in [2.45, 2.75) is 6.04 Å². The number of nitrogens with one attached hydrogen (secondary N) is 1. The van der Waals surface area contributed by atoms with Gasteiger partial charge < -0.3 is 15.1 Å². The van der Waals surface area contributed by atoms with E-state index in [1.165, 1.54) is 12.3 Å². The second-order valence-electron chi connectivity index (χ2n) is 6.76. The smallest absolute Gasteiger partial charge is 0.321 e. The molecule has 0 aliphatic carbocycles. The number of anilines is 2. The van der Waals surface area contributed by atoms with E-state index in [2.05, 4.69) is 10.3 Å². The van der Waals surface area contributed by atoms with Crippen LogP contribution in [-0.2, 0) is 4.79 Å². The number of hydrogen-bond donors (Lipinski definition) is 1. The lowest BCUT2D eigenvalue weighted by Crippen LogP contribution is -2.51. The Morgan fingerprint density at radius 3 is 2.75 bits per heavy atom. The molecule has 1 aromatic heterocycles. The summed E-state index contributed by atoms with van der Waals surface area (Å²) in [7, 11) is 1.92. The summed E-state index contributed by atoms with van der Waals surface area (Å²) in [6.07, 6.45) is 1.53. The molecule has 0 radical (unpaired) electrons. The van der Waals surface area contributed by atoms with Crippen LogP contribution in [0.1, 0.15) is 10.5 Å². The van der Waals surface area contributed by atoms with Crippen molar-refractivity contribution in [3.63, 3.8) is 0 Å². The van der Waals surface area contributed by atoms with Gasteiger partial charge in [0, 0.05) is 31.5 Å². The van der Waals surface area contributed by atoms with Gasteiger partial charge in [-0.05, 0) is 37.4 Å². The number of pyridine rings is 1. The van der Waals surface area contributed by atoms with Crippen LogP contribution >= 0.6 is 11.6 Å². The molecule has 1 unspecified atom stereocenters. The minimum Gasteiger partial charge on any atom is -0.321 e. The maximum absolute atomic E-state index is 12.8. The molecular weight excluding hydrogens is 382 g/mol. The Kier molecular flexibility index (Phi) is 4.74. The molecule has 4 amide bonds. The number of imide groups is 1. The largest absolute Gasteiger partial charge is 0.332 e.